The summed E-state index contributed by atoms with van der Waals surface area (Å²) in [6, 6.07) is 10.9. The van der Waals surface area contributed by atoms with Gasteiger partial charge in [-0.3, -0.25) is 29.4 Å². The van der Waals surface area contributed by atoms with Gasteiger partial charge in [0.1, 0.15) is 0 Å². The molecule has 36 heavy (non-hydrogen) atoms. The Labute approximate surface area is 210 Å². The van der Waals surface area contributed by atoms with Crippen LogP contribution in [0.1, 0.15) is 11.1 Å². The van der Waals surface area contributed by atoms with Crippen LogP contribution < -0.4 is 9.47 Å². The lowest BCUT2D eigenvalue weighted by atomic mass is 10.1. The van der Waals surface area contributed by atoms with Gasteiger partial charge in [-0.15, -0.1) is 0 Å². The number of methoxy groups -OCH3 is 1. The van der Waals surface area contributed by atoms with Gasteiger partial charge in [-0.25, -0.2) is 0 Å². The van der Waals surface area contributed by atoms with Gasteiger partial charge in [0.2, 0.25) is 0 Å². The summed E-state index contributed by atoms with van der Waals surface area (Å²) in [5.74, 6) is 0.0220. The zero-order valence-electron chi connectivity index (χ0n) is 19.4. The molecular formula is C24H23N3O8S. The molecule has 3 amide bonds. The number of para-hydroxylation sites is 1. The van der Waals surface area contributed by atoms with E-state index < -0.39 is 16.1 Å². The summed E-state index contributed by atoms with van der Waals surface area (Å²) in [6.45, 7) is 1.68. The highest BCUT2D eigenvalue weighted by Crippen LogP contribution is 2.36. The van der Waals surface area contributed by atoms with Crippen molar-refractivity contribution in [2.45, 2.75) is 6.54 Å². The first-order chi connectivity index (χ1) is 17.4. The van der Waals surface area contributed by atoms with E-state index >= 15 is 0 Å². The Kier molecular flexibility index (Phi) is 7.86. The van der Waals surface area contributed by atoms with Crippen molar-refractivity contribution in [3.05, 3.63) is 68.6 Å². The fourth-order valence-corrected chi connectivity index (χ4v) is 4.56. The van der Waals surface area contributed by atoms with E-state index in [0.717, 1.165) is 16.7 Å². The molecule has 0 unspecified atom stereocenters. The van der Waals surface area contributed by atoms with E-state index in [1.54, 1.807) is 29.2 Å². The number of carbonyl (C=O) groups is 3. The number of nitrogens with zero attached hydrogens (tertiary/aromatic N) is 3. The third-order valence-electron chi connectivity index (χ3n) is 5.59. The second-order valence-corrected chi connectivity index (χ2v) is 8.84. The van der Waals surface area contributed by atoms with Crippen molar-refractivity contribution in [3.63, 3.8) is 0 Å². The second-order valence-electron chi connectivity index (χ2n) is 7.85. The normalized spacial score (nSPS) is 17.0. The van der Waals surface area contributed by atoms with Crippen LogP contribution in [0.4, 0.5) is 10.5 Å². The Morgan fingerprint density at radius 3 is 2.64 bits per heavy atom. The number of ether oxygens (including phenoxy) is 3. The van der Waals surface area contributed by atoms with Crippen molar-refractivity contribution in [3.8, 4) is 11.5 Å². The number of hydrogen-bond acceptors (Lipinski definition) is 9. The van der Waals surface area contributed by atoms with Gasteiger partial charge < -0.3 is 19.1 Å². The van der Waals surface area contributed by atoms with Crippen molar-refractivity contribution < 1.29 is 33.5 Å². The number of hydrogen-bond donors (Lipinski definition) is 0. The van der Waals surface area contributed by atoms with E-state index in [0.29, 0.717) is 43.4 Å². The molecule has 0 radical (unpaired) electrons. The predicted octanol–water partition coefficient (Wildman–Crippen LogP) is 3.08. The molecule has 2 heterocycles. The van der Waals surface area contributed by atoms with Crippen LogP contribution in [-0.2, 0) is 20.9 Å². The molecule has 2 saturated heterocycles. The average molecular weight is 514 g/mol. The zero-order chi connectivity index (χ0) is 25.7. The molecule has 11 nitrogen and oxygen atoms in total. The average Bonchev–Trinajstić information content (AvgIpc) is 3.15. The van der Waals surface area contributed by atoms with Crippen molar-refractivity contribution in [1.82, 2.24) is 9.80 Å². The summed E-state index contributed by atoms with van der Waals surface area (Å²) >= 11 is 0.754. The molecule has 0 aromatic heterocycles. The van der Waals surface area contributed by atoms with Gasteiger partial charge in [0.15, 0.2) is 18.1 Å². The van der Waals surface area contributed by atoms with Gasteiger partial charge in [0.05, 0.1) is 36.7 Å². The van der Waals surface area contributed by atoms with E-state index in [2.05, 4.69) is 0 Å². The number of thioether (sulfide) groups is 1. The standard InChI is InChI=1S/C24H23N3O8S/c1-33-20-12-16(6-7-19(20)35-15-22(28)25-8-10-34-11-9-25)13-21-23(29)26(24(30)36-21)14-17-4-2-3-5-18(17)27(31)32/h2-7,12-13H,8-11,14-15H2,1H3/b21-13-. The Balaban J connectivity index is 1.45. The molecule has 0 atom stereocenters. The summed E-state index contributed by atoms with van der Waals surface area (Å²) in [6.07, 6.45) is 1.54. The molecular weight excluding hydrogens is 490 g/mol. The van der Waals surface area contributed by atoms with Crippen LogP contribution in [0.2, 0.25) is 0 Å². The molecule has 2 fully saturated rings. The maximum Gasteiger partial charge on any atom is 0.293 e. The van der Waals surface area contributed by atoms with Crippen LogP contribution in [0.15, 0.2) is 47.4 Å². The van der Waals surface area contributed by atoms with Crippen LogP contribution in [-0.4, -0.2) is 71.8 Å². The number of amides is 3. The number of rotatable bonds is 8. The van der Waals surface area contributed by atoms with Crippen molar-refractivity contribution in [2.24, 2.45) is 0 Å². The van der Waals surface area contributed by atoms with Gasteiger partial charge >= 0.3 is 0 Å². The molecule has 0 aliphatic carbocycles. The largest absolute Gasteiger partial charge is 0.493 e. The van der Waals surface area contributed by atoms with Crippen molar-refractivity contribution in [2.75, 3.05) is 40.0 Å². The molecule has 0 N–H and O–H groups in total. The van der Waals surface area contributed by atoms with Gasteiger partial charge in [-0.1, -0.05) is 24.3 Å². The monoisotopic (exact) mass is 513 g/mol. The van der Waals surface area contributed by atoms with Crippen LogP contribution >= 0.6 is 11.8 Å². The number of nitro groups is 1. The lowest BCUT2D eigenvalue weighted by Crippen LogP contribution is -2.43. The van der Waals surface area contributed by atoms with E-state index in [-0.39, 0.29) is 35.2 Å². The number of imide groups is 1. The molecule has 0 bridgehead atoms. The van der Waals surface area contributed by atoms with Gasteiger partial charge in [0.25, 0.3) is 22.7 Å². The van der Waals surface area contributed by atoms with Crippen molar-refractivity contribution in [1.29, 1.82) is 0 Å². The highest BCUT2D eigenvalue weighted by Gasteiger charge is 2.36. The minimum absolute atomic E-state index is 0.153. The summed E-state index contributed by atoms with van der Waals surface area (Å²) < 4.78 is 16.3. The van der Waals surface area contributed by atoms with Gasteiger partial charge in [-0.2, -0.15) is 0 Å². The van der Waals surface area contributed by atoms with Gasteiger partial charge in [-0.05, 0) is 35.5 Å². The Hall–Kier alpha value is -3.90. The maximum absolute atomic E-state index is 12.9. The summed E-state index contributed by atoms with van der Waals surface area (Å²) in [5.41, 5.74) is 0.684. The van der Waals surface area contributed by atoms with E-state index in [1.807, 2.05) is 0 Å². The predicted molar refractivity (Wildman–Crippen MR) is 130 cm³/mol. The summed E-state index contributed by atoms with van der Waals surface area (Å²) in [5, 5.41) is 10.8. The van der Waals surface area contributed by atoms with Crippen LogP contribution in [0.3, 0.4) is 0 Å². The number of carbonyl (C=O) groups excluding carboxylic acids is 3. The minimum Gasteiger partial charge on any atom is -0.493 e. The summed E-state index contributed by atoms with van der Waals surface area (Å²) in [4.78, 5) is 51.3. The molecule has 0 spiro atoms. The minimum atomic E-state index is -0.547. The first-order valence-corrected chi connectivity index (χ1v) is 11.8. The second kappa shape index (κ2) is 11.2. The van der Waals surface area contributed by atoms with Crippen LogP contribution in [0, 0.1) is 10.1 Å². The number of morpholine rings is 1. The van der Waals surface area contributed by atoms with E-state index in [9.17, 15) is 24.5 Å². The lowest BCUT2D eigenvalue weighted by molar-refractivity contribution is -0.385. The van der Waals surface area contributed by atoms with E-state index in [1.165, 1.54) is 31.4 Å². The smallest absolute Gasteiger partial charge is 0.293 e. The van der Waals surface area contributed by atoms with Crippen LogP contribution in [0.25, 0.3) is 6.08 Å². The molecule has 4 rings (SSSR count). The van der Waals surface area contributed by atoms with Crippen LogP contribution in [0.5, 0.6) is 11.5 Å². The highest BCUT2D eigenvalue weighted by molar-refractivity contribution is 8.18. The van der Waals surface area contributed by atoms with E-state index in [4.69, 9.17) is 14.2 Å². The lowest BCUT2D eigenvalue weighted by Gasteiger charge is -2.26. The molecule has 2 aromatic rings. The molecule has 2 aliphatic rings. The number of benzene rings is 2. The third-order valence-corrected chi connectivity index (χ3v) is 6.50. The fraction of sp³-hybridized carbons (Fsp3) is 0.292. The van der Waals surface area contributed by atoms with Gasteiger partial charge in [0, 0.05) is 24.7 Å². The van der Waals surface area contributed by atoms with Crippen molar-refractivity contribution >= 4 is 40.6 Å². The third kappa shape index (κ3) is 5.66. The molecule has 2 aromatic carbocycles. The molecule has 0 saturated carbocycles. The maximum atomic E-state index is 12.9. The Morgan fingerprint density at radius 2 is 1.92 bits per heavy atom. The number of nitro benzene ring substituents is 1. The molecule has 12 heteroatoms. The Morgan fingerprint density at radius 1 is 1.17 bits per heavy atom. The molecule has 2 aliphatic heterocycles. The first-order valence-electron chi connectivity index (χ1n) is 11.0. The zero-order valence-corrected chi connectivity index (χ0v) is 20.2. The summed E-state index contributed by atoms with van der Waals surface area (Å²) in [7, 11) is 1.45. The fourth-order valence-electron chi connectivity index (χ4n) is 3.72. The highest BCUT2D eigenvalue weighted by atomic mass is 32.2. The Bertz CT molecular complexity index is 1230. The topological polar surface area (TPSA) is 129 Å². The quantitative estimate of drug-likeness (QED) is 0.297. The first kappa shape index (κ1) is 25.2. The SMILES string of the molecule is COc1cc(/C=C2\SC(=O)N(Cc3ccccc3[N+](=O)[O-])C2=O)ccc1OCC(=O)N1CCOCC1. The molecule has 188 valence electrons.